The molecular formula is C21H16ClFN4O3. The first-order chi connectivity index (χ1) is 14.4. The van der Waals surface area contributed by atoms with E-state index in [-0.39, 0.29) is 29.9 Å². The zero-order valence-electron chi connectivity index (χ0n) is 15.9. The molecule has 0 bridgehead atoms. The molecule has 4 rings (SSSR count). The number of amides is 1. The molecule has 0 saturated carbocycles. The molecule has 1 amide bonds. The van der Waals surface area contributed by atoms with Gasteiger partial charge < -0.3 is 14.4 Å². The monoisotopic (exact) mass is 426 g/mol. The van der Waals surface area contributed by atoms with Crippen molar-refractivity contribution in [1.82, 2.24) is 20.0 Å². The van der Waals surface area contributed by atoms with Crippen molar-refractivity contribution in [2.45, 2.75) is 20.0 Å². The van der Waals surface area contributed by atoms with E-state index in [9.17, 15) is 14.0 Å². The molecule has 30 heavy (non-hydrogen) atoms. The number of carbonyl (C=O) groups is 2. The van der Waals surface area contributed by atoms with Crippen LogP contribution in [0, 0.1) is 12.7 Å². The van der Waals surface area contributed by atoms with Gasteiger partial charge in [0, 0.05) is 35.0 Å². The van der Waals surface area contributed by atoms with Crippen molar-refractivity contribution in [3.05, 3.63) is 82.3 Å². The molecule has 0 unspecified atom stereocenters. The highest BCUT2D eigenvalue weighted by Crippen LogP contribution is 2.28. The van der Waals surface area contributed by atoms with Crippen LogP contribution in [0.25, 0.3) is 10.9 Å². The molecule has 0 spiro atoms. The van der Waals surface area contributed by atoms with E-state index < -0.39 is 5.82 Å². The third kappa shape index (κ3) is 3.95. The van der Waals surface area contributed by atoms with Gasteiger partial charge in [0.1, 0.15) is 12.4 Å². The highest BCUT2D eigenvalue weighted by molar-refractivity contribution is 6.34. The number of fused-ring (bicyclic) bond motifs is 1. The lowest BCUT2D eigenvalue weighted by Crippen LogP contribution is -2.26. The predicted octanol–water partition coefficient (Wildman–Crippen LogP) is 3.67. The average molecular weight is 427 g/mol. The fourth-order valence-corrected chi connectivity index (χ4v) is 3.43. The first-order valence-electron chi connectivity index (χ1n) is 9.05. The Labute approximate surface area is 175 Å². The lowest BCUT2D eigenvalue weighted by molar-refractivity contribution is -0.121. The van der Waals surface area contributed by atoms with Gasteiger partial charge in [0.05, 0.1) is 17.8 Å². The number of hydrogen-bond donors (Lipinski definition) is 1. The van der Waals surface area contributed by atoms with E-state index in [0.29, 0.717) is 27.8 Å². The molecule has 0 fully saturated rings. The van der Waals surface area contributed by atoms with Crippen LogP contribution in [0.3, 0.4) is 0 Å². The van der Waals surface area contributed by atoms with Crippen LogP contribution in [0.4, 0.5) is 4.39 Å². The number of nitrogens with zero attached hydrogens (tertiary/aromatic N) is 3. The Kier molecular flexibility index (Phi) is 5.33. The minimum Gasteiger partial charge on any atom is -0.359 e. The van der Waals surface area contributed by atoms with E-state index in [4.69, 9.17) is 16.1 Å². The second-order valence-corrected chi connectivity index (χ2v) is 7.07. The second kappa shape index (κ2) is 8.08. The van der Waals surface area contributed by atoms with Crippen LogP contribution < -0.4 is 5.32 Å². The van der Waals surface area contributed by atoms with Crippen molar-refractivity contribution < 1.29 is 18.5 Å². The minimum atomic E-state index is -0.431. The summed E-state index contributed by atoms with van der Waals surface area (Å²) < 4.78 is 19.9. The van der Waals surface area contributed by atoms with Crippen LogP contribution in [-0.4, -0.2) is 26.4 Å². The van der Waals surface area contributed by atoms with Gasteiger partial charge >= 0.3 is 0 Å². The number of carbonyl (C=O) groups excluding carboxylic acids is 2. The number of aromatic nitrogens is 3. The van der Waals surface area contributed by atoms with Gasteiger partial charge in [-0.15, -0.1) is 0 Å². The largest absolute Gasteiger partial charge is 0.359 e. The van der Waals surface area contributed by atoms with Crippen molar-refractivity contribution in [2.24, 2.45) is 0 Å². The normalized spacial score (nSPS) is 11.0. The lowest BCUT2D eigenvalue weighted by atomic mass is 10.0. The number of ketones is 1. The summed E-state index contributed by atoms with van der Waals surface area (Å²) in [6.45, 7) is 1.90. The number of aryl methyl sites for hydroxylation is 1. The summed E-state index contributed by atoms with van der Waals surface area (Å²) in [4.78, 5) is 29.5. The fraction of sp³-hybridized carbons (Fsp3) is 0.143. The first kappa shape index (κ1) is 19.8. The zero-order chi connectivity index (χ0) is 21.3. The minimum absolute atomic E-state index is 0.0776. The average Bonchev–Trinajstić information content (AvgIpc) is 3.31. The molecule has 9 heteroatoms. The Morgan fingerprint density at radius 3 is 2.70 bits per heavy atom. The topological polar surface area (TPSA) is 90.0 Å². The van der Waals surface area contributed by atoms with Crippen LogP contribution in [0.2, 0.25) is 5.15 Å². The van der Waals surface area contributed by atoms with E-state index in [1.807, 2.05) is 0 Å². The molecule has 0 saturated heterocycles. The van der Waals surface area contributed by atoms with Crippen molar-refractivity contribution in [3.63, 3.8) is 0 Å². The molecule has 0 radical (unpaired) electrons. The molecule has 7 nitrogen and oxygen atoms in total. The molecular weight excluding hydrogens is 411 g/mol. The number of halogens is 2. The Hall–Kier alpha value is -3.52. The van der Waals surface area contributed by atoms with E-state index in [1.165, 1.54) is 30.5 Å². The molecule has 0 atom stereocenters. The summed E-state index contributed by atoms with van der Waals surface area (Å²) in [5.74, 6) is -0.509. The van der Waals surface area contributed by atoms with Crippen LogP contribution in [-0.2, 0) is 17.9 Å². The van der Waals surface area contributed by atoms with Crippen molar-refractivity contribution in [3.8, 4) is 0 Å². The SMILES string of the molecule is Cc1cc(CNC(=O)Cn2cc(C(=O)c3ccc(F)cc3)c3ccnc(Cl)c32)on1. The zero-order valence-corrected chi connectivity index (χ0v) is 16.6. The highest BCUT2D eigenvalue weighted by Gasteiger charge is 2.20. The summed E-state index contributed by atoms with van der Waals surface area (Å²) in [7, 11) is 0. The van der Waals surface area contributed by atoms with E-state index in [0.717, 1.165) is 5.69 Å². The predicted molar refractivity (Wildman–Crippen MR) is 108 cm³/mol. The Bertz CT molecular complexity index is 1250. The first-order valence-corrected chi connectivity index (χ1v) is 9.42. The number of hydrogen-bond acceptors (Lipinski definition) is 5. The van der Waals surface area contributed by atoms with E-state index in [1.54, 1.807) is 29.8 Å². The van der Waals surface area contributed by atoms with E-state index in [2.05, 4.69) is 15.5 Å². The van der Waals surface area contributed by atoms with Crippen LogP contribution in [0.1, 0.15) is 27.4 Å². The second-order valence-electron chi connectivity index (χ2n) is 6.72. The van der Waals surface area contributed by atoms with Crippen molar-refractivity contribution in [2.75, 3.05) is 0 Å². The maximum Gasteiger partial charge on any atom is 0.240 e. The Balaban J connectivity index is 1.62. The van der Waals surface area contributed by atoms with Crippen LogP contribution in [0.15, 0.2) is 53.3 Å². The van der Waals surface area contributed by atoms with Gasteiger partial charge in [0.15, 0.2) is 16.7 Å². The summed E-state index contributed by atoms with van der Waals surface area (Å²) in [6, 6.07) is 8.65. The van der Waals surface area contributed by atoms with Gasteiger partial charge in [-0.2, -0.15) is 0 Å². The molecule has 4 aromatic rings. The Morgan fingerprint density at radius 1 is 1.23 bits per heavy atom. The molecule has 152 valence electrons. The molecule has 1 N–H and O–H groups in total. The van der Waals surface area contributed by atoms with Crippen LogP contribution >= 0.6 is 11.6 Å². The Morgan fingerprint density at radius 2 is 2.00 bits per heavy atom. The molecule has 0 aliphatic carbocycles. The lowest BCUT2D eigenvalue weighted by Gasteiger charge is -2.06. The van der Waals surface area contributed by atoms with Crippen molar-refractivity contribution in [1.29, 1.82) is 0 Å². The van der Waals surface area contributed by atoms with Gasteiger partial charge in [0.25, 0.3) is 0 Å². The molecule has 1 aromatic carbocycles. The molecule has 3 heterocycles. The quantitative estimate of drug-likeness (QED) is 0.375. The van der Waals surface area contributed by atoms with Gasteiger partial charge in [-0.05, 0) is 37.3 Å². The fourth-order valence-electron chi connectivity index (χ4n) is 3.17. The van der Waals surface area contributed by atoms with Crippen LogP contribution in [0.5, 0.6) is 0 Å². The number of nitrogens with one attached hydrogen (secondary N) is 1. The molecule has 0 aliphatic heterocycles. The highest BCUT2D eigenvalue weighted by atomic mass is 35.5. The third-order valence-corrected chi connectivity index (χ3v) is 4.82. The maximum atomic E-state index is 13.2. The summed E-state index contributed by atoms with van der Waals surface area (Å²) in [6.07, 6.45) is 3.05. The summed E-state index contributed by atoms with van der Waals surface area (Å²) >= 11 is 6.26. The summed E-state index contributed by atoms with van der Waals surface area (Å²) in [5, 5.41) is 7.24. The standard InChI is InChI=1S/C21H16ClFN4O3/c1-12-8-15(30-26-12)9-25-18(28)11-27-10-17(16-6-7-24-21(22)19(16)27)20(29)13-2-4-14(23)5-3-13/h2-8,10H,9,11H2,1H3,(H,25,28). The summed E-state index contributed by atoms with van der Waals surface area (Å²) in [5.41, 5.74) is 1.86. The van der Waals surface area contributed by atoms with Gasteiger partial charge in [-0.25, -0.2) is 9.37 Å². The van der Waals surface area contributed by atoms with E-state index >= 15 is 0 Å². The van der Waals surface area contributed by atoms with Gasteiger partial charge in [-0.3, -0.25) is 9.59 Å². The number of benzene rings is 1. The third-order valence-electron chi connectivity index (χ3n) is 4.54. The molecule has 3 aromatic heterocycles. The van der Waals surface area contributed by atoms with Crippen molar-refractivity contribution >= 4 is 34.2 Å². The smallest absolute Gasteiger partial charge is 0.240 e. The number of pyridine rings is 1. The number of rotatable bonds is 6. The molecule has 0 aliphatic rings. The maximum absolute atomic E-state index is 13.2. The van der Waals surface area contributed by atoms with Gasteiger partial charge in [0.2, 0.25) is 5.91 Å². The van der Waals surface area contributed by atoms with Gasteiger partial charge in [-0.1, -0.05) is 16.8 Å².